The lowest BCUT2D eigenvalue weighted by Crippen LogP contribution is -2.42. The highest BCUT2D eigenvalue weighted by molar-refractivity contribution is 5.75. The molecule has 1 aliphatic rings. The molecule has 26 heavy (non-hydrogen) atoms. The van der Waals surface area contributed by atoms with Crippen LogP contribution < -0.4 is 5.32 Å². The highest BCUT2D eigenvalue weighted by atomic mass is 16.5. The monoisotopic (exact) mass is 356 g/mol. The third-order valence-corrected chi connectivity index (χ3v) is 4.85. The fourth-order valence-corrected chi connectivity index (χ4v) is 3.19. The molecule has 1 saturated heterocycles. The molecule has 1 amide bonds. The normalized spacial score (nSPS) is 16.4. The lowest BCUT2D eigenvalue weighted by atomic mass is 10.1. The van der Waals surface area contributed by atoms with Crippen molar-refractivity contribution >= 4 is 5.91 Å². The molecular weight excluding hydrogens is 328 g/mol. The van der Waals surface area contributed by atoms with Gasteiger partial charge in [0.1, 0.15) is 0 Å². The Kier molecular flexibility index (Phi) is 6.41. The zero-order valence-electron chi connectivity index (χ0n) is 15.6. The second-order valence-corrected chi connectivity index (χ2v) is 6.94. The molecule has 1 N–H and O–H groups in total. The van der Waals surface area contributed by atoms with Crippen molar-refractivity contribution in [1.82, 2.24) is 20.0 Å². The number of aryl methyl sites for hydroxylation is 1. The van der Waals surface area contributed by atoms with Gasteiger partial charge in [-0.3, -0.25) is 9.69 Å². The quantitative estimate of drug-likeness (QED) is 0.827. The van der Waals surface area contributed by atoms with Crippen molar-refractivity contribution in [2.24, 2.45) is 0 Å². The molecule has 6 heteroatoms. The maximum absolute atomic E-state index is 12.1. The third kappa shape index (κ3) is 5.16. The Morgan fingerprint density at radius 2 is 2.15 bits per heavy atom. The average Bonchev–Trinajstić information content (AvgIpc) is 3.14. The molecule has 3 rings (SSSR count). The van der Waals surface area contributed by atoms with Crippen LogP contribution >= 0.6 is 0 Å². The van der Waals surface area contributed by atoms with Gasteiger partial charge in [0.25, 0.3) is 0 Å². The van der Waals surface area contributed by atoms with Crippen LogP contribution in [0.25, 0.3) is 5.69 Å². The van der Waals surface area contributed by atoms with Crippen LogP contribution in [0, 0.1) is 6.92 Å². The number of amides is 1. The van der Waals surface area contributed by atoms with E-state index in [1.54, 1.807) is 6.20 Å². The van der Waals surface area contributed by atoms with E-state index in [-0.39, 0.29) is 5.91 Å². The first-order chi connectivity index (χ1) is 12.6. The molecule has 1 aromatic heterocycles. The van der Waals surface area contributed by atoms with E-state index in [1.165, 1.54) is 5.56 Å². The molecule has 0 bridgehead atoms. The number of hydrogen-bond donors (Lipinski definition) is 1. The topological polar surface area (TPSA) is 59.4 Å². The van der Waals surface area contributed by atoms with Gasteiger partial charge in [0.15, 0.2) is 0 Å². The Morgan fingerprint density at radius 1 is 1.35 bits per heavy atom. The first-order valence-electron chi connectivity index (χ1n) is 9.31. The smallest absolute Gasteiger partial charge is 0.220 e. The van der Waals surface area contributed by atoms with Gasteiger partial charge in [-0.25, -0.2) is 4.68 Å². The molecule has 0 radical (unpaired) electrons. The molecule has 2 heterocycles. The molecule has 0 saturated carbocycles. The number of carbonyl (C=O) groups excluding carboxylic acids is 1. The average molecular weight is 356 g/mol. The van der Waals surface area contributed by atoms with Crippen molar-refractivity contribution in [3.05, 3.63) is 47.8 Å². The number of benzene rings is 1. The molecule has 2 aromatic rings. The SMILES string of the molecule is Cc1cccc(-n2cc(CNC(=O)CC[C@H](C)N3CCOCC3)cn2)c1. The van der Waals surface area contributed by atoms with Crippen LogP contribution in [0.5, 0.6) is 0 Å². The maximum atomic E-state index is 12.1. The second kappa shape index (κ2) is 8.96. The lowest BCUT2D eigenvalue weighted by Gasteiger charge is -2.32. The van der Waals surface area contributed by atoms with Crippen LogP contribution in [0.15, 0.2) is 36.7 Å². The fourth-order valence-electron chi connectivity index (χ4n) is 3.19. The van der Waals surface area contributed by atoms with Gasteiger partial charge in [0.05, 0.1) is 25.1 Å². The van der Waals surface area contributed by atoms with Crippen LogP contribution in [-0.2, 0) is 16.1 Å². The number of rotatable bonds is 7. The van der Waals surface area contributed by atoms with Crippen molar-refractivity contribution in [2.75, 3.05) is 26.3 Å². The van der Waals surface area contributed by atoms with Gasteiger partial charge < -0.3 is 10.1 Å². The van der Waals surface area contributed by atoms with E-state index in [0.29, 0.717) is 19.0 Å². The third-order valence-electron chi connectivity index (χ3n) is 4.85. The number of nitrogens with zero attached hydrogens (tertiary/aromatic N) is 3. The van der Waals surface area contributed by atoms with Gasteiger partial charge in [-0.15, -0.1) is 0 Å². The largest absolute Gasteiger partial charge is 0.379 e. The molecule has 1 atom stereocenters. The fraction of sp³-hybridized carbons (Fsp3) is 0.500. The molecule has 0 unspecified atom stereocenters. The van der Waals surface area contributed by atoms with E-state index in [2.05, 4.69) is 41.3 Å². The standard InChI is InChI=1S/C20H28N4O2/c1-16-4-3-5-19(12-16)24-15-18(14-22-24)13-21-20(25)7-6-17(2)23-8-10-26-11-9-23/h3-5,12,14-15,17H,6-11,13H2,1-2H3,(H,21,25)/t17-/m0/s1. The summed E-state index contributed by atoms with van der Waals surface area (Å²) < 4.78 is 7.22. The first-order valence-corrected chi connectivity index (χ1v) is 9.31. The molecule has 1 aromatic carbocycles. The summed E-state index contributed by atoms with van der Waals surface area (Å²) in [5.41, 5.74) is 3.23. The zero-order chi connectivity index (χ0) is 18.4. The van der Waals surface area contributed by atoms with Crippen molar-refractivity contribution in [2.45, 2.75) is 39.3 Å². The highest BCUT2D eigenvalue weighted by Crippen LogP contribution is 2.11. The van der Waals surface area contributed by atoms with Crippen molar-refractivity contribution < 1.29 is 9.53 Å². The highest BCUT2D eigenvalue weighted by Gasteiger charge is 2.17. The summed E-state index contributed by atoms with van der Waals surface area (Å²) in [4.78, 5) is 14.5. The maximum Gasteiger partial charge on any atom is 0.220 e. The van der Waals surface area contributed by atoms with E-state index >= 15 is 0 Å². The van der Waals surface area contributed by atoms with E-state index in [9.17, 15) is 4.79 Å². The van der Waals surface area contributed by atoms with Crippen LogP contribution in [0.2, 0.25) is 0 Å². The number of hydrogen-bond acceptors (Lipinski definition) is 4. The van der Waals surface area contributed by atoms with Crippen LogP contribution in [0.1, 0.15) is 30.9 Å². The minimum absolute atomic E-state index is 0.0911. The minimum atomic E-state index is 0.0911. The summed E-state index contributed by atoms with van der Waals surface area (Å²) in [5.74, 6) is 0.0911. The van der Waals surface area contributed by atoms with E-state index in [0.717, 1.165) is 44.0 Å². The number of aromatic nitrogens is 2. The van der Waals surface area contributed by atoms with Crippen molar-refractivity contribution in [3.63, 3.8) is 0 Å². The van der Waals surface area contributed by atoms with Crippen LogP contribution in [-0.4, -0.2) is 52.9 Å². The zero-order valence-corrected chi connectivity index (χ0v) is 15.6. The molecule has 1 fully saturated rings. The summed E-state index contributed by atoms with van der Waals surface area (Å²) in [7, 11) is 0. The molecular formula is C20H28N4O2. The number of carbonyl (C=O) groups is 1. The summed E-state index contributed by atoms with van der Waals surface area (Å²) in [6.07, 6.45) is 5.18. The summed E-state index contributed by atoms with van der Waals surface area (Å²) >= 11 is 0. The van der Waals surface area contributed by atoms with Gasteiger partial charge >= 0.3 is 0 Å². The van der Waals surface area contributed by atoms with Crippen LogP contribution in [0.3, 0.4) is 0 Å². The van der Waals surface area contributed by atoms with Gasteiger partial charge in [0, 0.05) is 43.9 Å². The predicted molar refractivity (Wildman–Crippen MR) is 101 cm³/mol. The molecule has 1 aliphatic heterocycles. The van der Waals surface area contributed by atoms with Gasteiger partial charge in [-0.2, -0.15) is 5.10 Å². The Hall–Kier alpha value is -2.18. The number of nitrogens with one attached hydrogen (secondary N) is 1. The number of morpholine rings is 1. The Balaban J connectivity index is 1.43. The van der Waals surface area contributed by atoms with Gasteiger partial charge in [-0.1, -0.05) is 12.1 Å². The van der Waals surface area contributed by atoms with E-state index in [1.807, 2.05) is 23.0 Å². The summed E-state index contributed by atoms with van der Waals surface area (Å²) in [6, 6.07) is 8.60. The van der Waals surface area contributed by atoms with Crippen molar-refractivity contribution in [1.29, 1.82) is 0 Å². The number of ether oxygens (including phenoxy) is 1. The molecule has 0 spiro atoms. The lowest BCUT2D eigenvalue weighted by molar-refractivity contribution is -0.121. The Labute approximate surface area is 155 Å². The Bertz CT molecular complexity index is 722. The van der Waals surface area contributed by atoms with Gasteiger partial charge in [0.2, 0.25) is 5.91 Å². The van der Waals surface area contributed by atoms with Gasteiger partial charge in [-0.05, 0) is 38.0 Å². The second-order valence-electron chi connectivity index (χ2n) is 6.94. The summed E-state index contributed by atoms with van der Waals surface area (Å²) in [6.45, 7) is 8.26. The van der Waals surface area contributed by atoms with Crippen molar-refractivity contribution in [3.8, 4) is 5.69 Å². The predicted octanol–water partition coefficient (Wildman–Crippen LogP) is 2.30. The molecule has 0 aliphatic carbocycles. The van der Waals surface area contributed by atoms with E-state index < -0.39 is 0 Å². The molecule has 140 valence electrons. The Morgan fingerprint density at radius 3 is 2.92 bits per heavy atom. The van der Waals surface area contributed by atoms with E-state index in [4.69, 9.17) is 4.74 Å². The summed E-state index contributed by atoms with van der Waals surface area (Å²) in [5, 5.41) is 7.39. The molecule has 6 nitrogen and oxygen atoms in total. The van der Waals surface area contributed by atoms with Crippen LogP contribution in [0.4, 0.5) is 0 Å². The minimum Gasteiger partial charge on any atom is -0.379 e. The first kappa shape index (κ1) is 18.6.